The Hall–Kier alpha value is 1.58. The van der Waals surface area contributed by atoms with E-state index in [0.717, 1.165) is 12.8 Å². The van der Waals surface area contributed by atoms with Crippen molar-refractivity contribution in [1.29, 1.82) is 0 Å². The number of rotatable bonds is 13. The van der Waals surface area contributed by atoms with E-state index in [4.69, 9.17) is 9.84 Å². The molecule has 4 nitrogen and oxygen atoms in total. The number of carboxylic acid groups (broad SMARTS) is 1. The third kappa shape index (κ3) is 24.0. The van der Waals surface area contributed by atoms with E-state index in [0.29, 0.717) is 6.61 Å². The van der Waals surface area contributed by atoms with Gasteiger partial charge in [-0.05, 0) is 6.42 Å². The number of esters is 1. The molecule has 0 bridgehead atoms. The molecule has 0 saturated carbocycles. The van der Waals surface area contributed by atoms with E-state index in [2.05, 4.69) is 6.92 Å². The van der Waals surface area contributed by atoms with Crippen LogP contribution in [0.1, 0.15) is 77.6 Å². The zero-order valence-corrected chi connectivity index (χ0v) is 12.2. The van der Waals surface area contributed by atoms with Crippen molar-refractivity contribution >= 4 is 92.9 Å². The molecule has 0 aromatic rings. The van der Waals surface area contributed by atoms with Crippen LogP contribution in [-0.4, -0.2) is 105 Å². The molecule has 0 aromatic heterocycles. The Bertz CT molecular complexity index is 250. The first-order valence-electron chi connectivity index (χ1n) is 7.54. The molecule has 0 aliphatic rings. The second kappa shape index (κ2) is 21.6. The van der Waals surface area contributed by atoms with Crippen molar-refractivity contribution in [1.82, 2.24) is 0 Å². The average molecular weight is 336 g/mol. The topological polar surface area (TPSA) is 63.6 Å². The van der Waals surface area contributed by atoms with Gasteiger partial charge in [-0.25, -0.2) is 0 Å². The Labute approximate surface area is 193 Å². The number of ether oxygens (including phenoxy) is 1. The summed E-state index contributed by atoms with van der Waals surface area (Å²) in [6, 6.07) is 0. The first-order valence-corrected chi connectivity index (χ1v) is 7.54. The summed E-state index contributed by atoms with van der Waals surface area (Å²) in [5.41, 5.74) is 0. The fourth-order valence-electron chi connectivity index (χ4n) is 1.95. The SMILES string of the molecule is CCCCCCCCCCCCOC(=O)CC(=O)O.[KH].[NaH]. The number of unbranched alkanes of at least 4 members (excludes halogenated alkanes) is 9. The van der Waals surface area contributed by atoms with Gasteiger partial charge in [0, 0.05) is 0 Å². The third-order valence-corrected chi connectivity index (χ3v) is 3.06. The minimum atomic E-state index is -1.13. The van der Waals surface area contributed by atoms with Gasteiger partial charge >= 0.3 is 92.9 Å². The van der Waals surface area contributed by atoms with E-state index in [-0.39, 0.29) is 80.9 Å². The van der Waals surface area contributed by atoms with E-state index in [1.54, 1.807) is 0 Å². The number of carboxylic acids is 1. The second-order valence-electron chi connectivity index (χ2n) is 4.97. The number of hydrogen-bond acceptors (Lipinski definition) is 3. The van der Waals surface area contributed by atoms with Crippen molar-refractivity contribution in [3.05, 3.63) is 0 Å². The quantitative estimate of drug-likeness (QED) is 0.243. The fraction of sp³-hybridized carbons (Fsp3) is 0.867. The fourth-order valence-corrected chi connectivity index (χ4v) is 1.95. The molecule has 0 amide bonds. The van der Waals surface area contributed by atoms with Crippen LogP contribution in [0.15, 0.2) is 0 Å². The Balaban J connectivity index is -0.00000162. The molecule has 21 heavy (non-hydrogen) atoms. The summed E-state index contributed by atoms with van der Waals surface area (Å²) in [6.07, 6.45) is 11.7. The van der Waals surface area contributed by atoms with Crippen molar-refractivity contribution in [3.8, 4) is 0 Å². The molecule has 0 spiro atoms. The van der Waals surface area contributed by atoms with Crippen LogP contribution in [-0.2, 0) is 14.3 Å². The molecule has 6 heteroatoms. The summed E-state index contributed by atoms with van der Waals surface area (Å²) >= 11 is 0. The van der Waals surface area contributed by atoms with Gasteiger partial charge in [0.2, 0.25) is 0 Å². The zero-order chi connectivity index (χ0) is 14.3. The molecule has 0 rings (SSSR count). The van der Waals surface area contributed by atoms with E-state index < -0.39 is 18.4 Å². The van der Waals surface area contributed by atoms with Gasteiger partial charge in [0.1, 0.15) is 6.42 Å². The predicted molar refractivity (Wildman–Crippen MR) is 89.4 cm³/mol. The van der Waals surface area contributed by atoms with Gasteiger partial charge in [0.15, 0.2) is 0 Å². The van der Waals surface area contributed by atoms with Gasteiger partial charge in [0.05, 0.1) is 6.61 Å². The molecule has 0 aliphatic heterocycles. The van der Waals surface area contributed by atoms with Gasteiger partial charge in [-0.2, -0.15) is 0 Å². The van der Waals surface area contributed by atoms with Crippen LogP contribution in [0, 0.1) is 0 Å². The molecule has 116 valence electrons. The molecular formula is C15H30KNaO4. The van der Waals surface area contributed by atoms with Crippen molar-refractivity contribution < 1.29 is 19.4 Å². The maximum atomic E-state index is 10.9. The minimum absolute atomic E-state index is 0. The summed E-state index contributed by atoms with van der Waals surface area (Å²) in [6.45, 7) is 2.58. The molecule has 0 fully saturated rings. The van der Waals surface area contributed by atoms with Gasteiger partial charge in [0.25, 0.3) is 0 Å². The first kappa shape index (κ1) is 27.4. The second-order valence-corrected chi connectivity index (χ2v) is 4.97. The van der Waals surface area contributed by atoms with E-state index in [9.17, 15) is 9.59 Å². The molecule has 0 heterocycles. The number of aliphatic carboxylic acids is 1. The van der Waals surface area contributed by atoms with Gasteiger partial charge in [-0.1, -0.05) is 64.7 Å². The molecule has 0 atom stereocenters. The summed E-state index contributed by atoms with van der Waals surface area (Å²) in [4.78, 5) is 21.1. The molecule has 0 aromatic carbocycles. The molecule has 0 aliphatic carbocycles. The predicted octanol–water partition coefficient (Wildman–Crippen LogP) is 2.63. The molecule has 0 radical (unpaired) electrons. The molecule has 1 N–H and O–H groups in total. The summed E-state index contributed by atoms with van der Waals surface area (Å²) in [5, 5.41) is 8.36. The standard InChI is InChI=1S/C15H28O4.K.Na.2H/c1-2-3-4-5-6-7-8-9-10-11-12-19-15(18)13-14(16)17;;;;/h2-13H2,1H3,(H,16,17);;;;. The number of hydrogen-bond donors (Lipinski definition) is 1. The van der Waals surface area contributed by atoms with Crippen LogP contribution < -0.4 is 0 Å². The molecule has 0 saturated heterocycles. The summed E-state index contributed by atoms with van der Waals surface area (Å²) in [5.74, 6) is -1.77. The van der Waals surface area contributed by atoms with Crippen molar-refractivity contribution in [3.63, 3.8) is 0 Å². The van der Waals surface area contributed by atoms with Crippen LogP contribution >= 0.6 is 0 Å². The van der Waals surface area contributed by atoms with E-state index >= 15 is 0 Å². The number of carbonyl (C=O) groups excluding carboxylic acids is 1. The zero-order valence-electron chi connectivity index (χ0n) is 12.2. The van der Waals surface area contributed by atoms with Gasteiger partial charge in [-0.3, -0.25) is 9.59 Å². The third-order valence-electron chi connectivity index (χ3n) is 3.06. The first-order chi connectivity index (χ1) is 9.16. The van der Waals surface area contributed by atoms with Crippen LogP contribution in [0.25, 0.3) is 0 Å². The Morgan fingerprint density at radius 2 is 1.29 bits per heavy atom. The Morgan fingerprint density at radius 1 is 0.857 bits per heavy atom. The normalized spacial score (nSPS) is 9.38. The maximum absolute atomic E-state index is 10.9. The van der Waals surface area contributed by atoms with E-state index in [1.165, 1.54) is 51.4 Å². The molecular weight excluding hydrogens is 306 g/mol. The monoisotopic (exact) mass is 336 g/mol. The molecule has 0 unspecified atom stereocenters. The van der Waals surface area contributed by atoms with Crippen molar-refractivity contribution in [2.75, 3.05) is 6.61 Å². The average Bonchev–Trinajstić information content (AvgIpc) is 2.35. The van der Waals surface area contributed by atoms with E-state index in [1.807, 2.05) is 0 Å². The van der Waals surface area contributed by atoms with Crippen LogP contribution in [0.4, 0.5) is 0 Å². The van der Waals surface area contributed by atoms with Crippen molar-refractivity contribution in [2.24, 2.45) is 0 Å². The summed E-state index contributed by atoms with van der Waals surface area (Å²) in [7, 11) is 0. The Morgan fingerprint density at radius 3 is 1.71 bits per heavy atom. The van der Waals surface area contributed by atoms with Gasteiger partial charge < -0.3 is 9.84 Å². The van der Waals surface area contributed by atoms with Crippen LogP contribution in [0.3, 0.4) is 0 Å². The van der Waals surface area contributed by atoms with Crippen LogP contribution in [0.5, 0.6) is 0 Å². The van der Waals surface area contributed by atoms with Crippen molar-refractivity contribution in [2.45, 2.75) is 77.6 Å². The Kier molecular flexibility index (Phi) is 28.2. The van der Waals surface area contributed by atoms with Crippen LogP contribution in [0.2, 0.25) is 0 Å². The van der Waals surface area contributed by atoms with Gasteiger partial charge in [-0.15, -0.1) is 0 Å². The summed E-state index contributed by atoms with van der Waals surface area (Å²) < 4.78 is 4.81. The number of carbonyl (C=O) groups is 2.